The standard InChI is InChI=1S/C16H13ClF5NOS/c17-13-4-1-11(2-5-13)9-16(24)23-8-7-12-3-6-14(10-15(12)23)25(18,19,20,21)22/h1-6,10H,7-9H2. The third-order valence-corrected chi connectivity index (χ3v) is 5.36. The lowest BCUT2D eigenvalue weighted by Crippen LogP contribution is -2.30. The quantitative estimate of drug-likeness (QED) is 0.570. The Hall–Kier alpha value is -1.80. The molecule has 1 amide bonds. The summed E-state index contributed by atoms with van der Waals surface area (Å²) in [6.07, 6.45) is 0.263. The maximum Gasteiger partial charge on any atom is 0.310 e. The number of carbonyl (C=O) groups excluding carboxylic acids is 1. The molecule has 0 saturated heterocycles. The summed E-state index contributed by atoms with van der Waals surface area (Å²) in [6.45, 7) is 0.158. The maximum atomic E-state index is 13.0. The highest BCUT2D eigenvalue weighted by atomic mass is 35.5. The summed E-state index contributed by atoms with van der Waals surface area (Å²) in [7, 11) is -9.79. The van der Waals surface area contributed by atoms with Crippen molar-refractivity contribution in [2.75, 3.05) is 11.4 Å². The molecule has 0 N–H and O–H groups in total. The van der Waals surface area contributed by atoms with Gasteiger partial charge in [0.1, 0.15) is 4.90 Å². The van der Waals surface area contributed by atoms with Crippen molar-refractivity contribution in [3.05, 3.63) is 58.6 Å². The Labute approximate surface area is 145 Å². The van der Waals surface area contributed by atoms with Gasteiger partial charge in [-0.2, -0.15) is 0 Å². The second-order valence-corrected chi connectivity index (χ2v) is 8.70. The highest BCUT2D eigenvalue weighted by Gasteiger charge is 2.65. The number of anilines is 1. The monoisotopic (exact) mass is 397 g/mol. The topological polar surface area (TPSA) is 20.3 Å². The van der Waals surface area contributed by atoms with Crippen LogP contribution in [0.5, 0.6) is 0 Å². The number of nitrogens with zero attached hydrogens (tertiary/aromatic N) is 1. The lowest BCUT2D eigenvalue weighted by atomic mass is 10.1. The molecule has 0 unspecified atom stereocenters. The van der Waals surface area contributed by atoms with Crippen LogP contribution in [0.2, 0.25) is 5.02 Å². The van der Waals surface area contributed by atoms with Crippen LogP contribution < -0.4 is 4.90 Å². The van der Waals surface area contributed by atoms with Crippen molar-refractivity contribution in [3.63, 3.8) is 0 Å². The van der Waals surface area contributed by atoms with E-state index in [-0.39, 0.29) is 18.7 Å². The Balaban J connectivity index is 1.91. The van der Waals surface area contributed by atoms with Gasteiger partial charge in [-0.1, -0.05) is 49.2 Å². The van der Waals surface area contributed by atoms with Crippen molar-refractivity contribution in [3.8, 4) is 0 Å². The van der Waals surface area contributed by atoms with Crippen LogP contribution in [0.1, 0.15) is 11.1 Å². The van der Waals surface area contributed by atoms with E-state index < -0.39 is 21.0 Å². The normalized spacial score (nSPS) is 17.0. The zero-order chi connectivity index (χ0) is 18.5. The summed E-state index contributed by atoms with van der Waals surface area (Å²) in [5.41, 5.74) is 0.964. The van der Waals surface area contributed by atoms with E-state index in [1.54, 1.807) is 24.3 Å². The van der Waals surface area contributed by atoms with Gasteiger partial charge in [0.2, 0.25) is 5.91 Å². The number of rotatable bonds is 3. The fourth-order valence-electron chi connectivity index (χ4n) is 2.73. The molecule has 0 bridgehead atoms. The van der Waals surface area contributed by atoms with Gasteiger partial charge in [0, 0.05) is 17.3 Å². The van der Waals surface area contributed by atoms with E-state index in [4.69, 9.17) is 11.6 Å². The SMILES string of the molecule is O=C(Cc1ccc(Cl)cc1)N1CCc2ccc(S(F)(F)(F)(F)F)cc21. The molecule has 0 atom stereocenters. The Morgan fingerprint density at radius 3 is 2.28 bits per heavy atom. The molecule has 2 nitrogen and oxygen atoms in total. The van der Waals surface area contributed by atoms with Gasteiger partial charge in [0.25, 0.3) is 0 Å². The van der Waals surface area contributed by atoms with Gasteiger partial charge < -0.3 is 4.90 Å². The summed E-state index contributed by atoms with van der Waals surface area (Å²) in [4.78, 5) is 11.6. The minimum atomic E-state index is -9.79. The summed E-state index contributed by atoms with van der Waals surface area (Å²) in [5.74, 6) is -0.458. The molecule has 1 aliphatic heterocycles. The van der Waals surface area contributed by atoms with Gasteiger partial charge in [-0.3, -0.25) is 4.79 Å². The molecule has 0 aliphatic carbocycles. The van der Waals surface area contributed by atoms with E-state index >= 15 is 0 Å². The molecule has 25 heavy (non-hydrogen) atoms. The highest BCUT2D eigenvalue weighted by molar-refractivity contribution is 8.45. The Kier molecular flexibility index (Phi) is 3.68. The van der Waals surface area contributed by atoms with Crippen LogP contribution in [0.15, 0.2) is 47.4 Å². The molecule has 2 aromatic rings. The third kappa shape index (κ3) is 3.90. The zero-order valence-electron chi connectivity index (χ0n) is 12.7. The first kappa shape index (κ1) is 18.0. The Morgan fingerprint density at radius 1 is 1.04 bits per heavy atom. The van der Waals surface area contributed by atoms with Gasteiger partial charge in [-0.25, -0.2) is 0 Å². The Morgan fingerprint density at radius 2 is 1.68 bits per heavy atom. The van der Waals surface area contributed by atoms with Crippen LogP contribution in [-0.2, 0) is 17.6 Å². The molecule has 3 rings (SSSR count). The maximum absolute atomic E-state index is 13.0. The van der Waals surface area contributed by atoms with Crippen LogP contribution in [0.25, 0.3) is 0 Å². The summed E-state index contributed by atoms with van der Waals surface area (Å²) in [5, 5.41) is 0.489. The van der Waals surface area contributed by atoms with Gasteiger partial charge in [0.15, 0.2) is 0 Å². The summed E-state index contributed by atoms with van der Waals surface area (Å²) in [6, 6.07) is 8.21. The fraction of sp³-hybridized carbons (Fsp3) is 0.188. The van der Waals surface area contributed by atoms with Crippen LogP contribution in [0.4, 0.5) is 25.1 Å². The number of halogens is 6. The average molecular weight is 398 g/mol. The molecule has 0 fully saturated rings. The molecule has 2 aromatic carbocycles. The Bertz CT molecular complexity index is 852. The van der Waals surface area contributed by atoms with Crippen LogP contribution in [-0.4, -0.2) is 12.5 Å². The fourth-order valence-corrected chi connectivity index (χ4v) is 3.52. The molecule has 0 spiro atoms. The predicted molar refractivity (Wildman–Crippen MR) is 89.1 cm³/mol. The van der Waals surface area contributed by atoms with E-state index in [0.717, 1.165) is 11.0 Å². The van der Waals surface area contributed by atoms with Gasteiger partial charge >= 0.3 is 10.2 Å². The van der Waals surface area contributed by atoms with Crippen molar-refractivity contribution in [2.24, 2.45) is 0 Å². The third-order valence-electron chi connectivity index (χ3n) is 3.97. The van der Waals surface area contributed by atoms with Gasteiger partial charge in [-0.05, 0) is 41.8 Å². The molecule has 0 saturated carbocycles. The number of hydrogen-bond acceptors (Lipinski definition) is 1. The van der Waals surface area contributed by atoms with E-state index in [1.165, 1.54) is 0 Å². The number of hydrogen-bond donors (Lipinski definition) is 0. The van der Waals surface area contributed by atoms with E-state index in [1.807, 2.05) is 0 Å². The molecule has 136 valence electrons. The zero-order valence-corrected chi connectivity index (χ0v) is 14.3. The molecule has 0 aromatic heterocycles. The first-order chi connectivity index (χ1) is 11.3. The molecule has 1 heterocycles. The number of amides is 1. The molecule has 1 aliphatic rings. The summed E-state index contributed by atoms with van der Waals surface area (Å²) >= 11 is 5.76. The minimum absolute atomic E-state index is 0.0583. The van der Waals surface area contributed by atoms with Crippen molar-refractivity contribution in [2.45, 2.75) is 17.7 Å². The molecular weight excluding hydrogens is 385 g/mol. The largest absolute Gasteiger partial charge is 0.311 e. The van der Waals surface area contributed by atoms with Gasteiger partial charge in [0.05, 0.1) is 6.42 Å². The van der Waals surface area contributed by atoms with Gasteiger partial charge in [-0.15, -0.1) is 0 Å². The van der Waals surface area contributed by atoms with Crippen molar-refractivity contribution >= 4 is 33.4 Å². The lowest BCUT2D eigenvalue weighted by molar-refractivity contribution is -0.117. The smallest absolute Gasteiger partial charge is 0.310 e. The van der Waals surface area contributed by atoms with Crippen molar-refractivity contribution in [1.29, 1.82) is 0 Å². The number of benzene rings is 2. The second-order valence-electron chi connectivity index (χ2n) is 5.86. The van der Waals surface area contributed by atoms with E-state index in [0.29, 0.717) is 34.7 Å². The van der Waals surface area contributed by atoms with Crippen LogP contribution in [0.3, 0.4) is 0 Å². The molecule has 0 radical (unpaired) electrons. The minimum Gasteiger partial charge on any atom is -0.311 e. The molecular formula is C16H13ClF5NOS. The van der Waals surface area contributed by atoms with Crippen molar-refractivity contribution in [1.82, 2.24) is 0 Å². The predicted octanol–water partition coefficient (Wildman–Crippen LogP) is 6.13. The second kappa shape index (κ2) is 5.11. The first-order valence-corrected chi connectivity index (χ1v) is 9.58. The first-order valence-electron chi connectivity index (χ1n) is 7.25. The summed E-state index contributed by atoms with van der Waals surface area (Å²) < 4.78 is 65.1. The average Bonchev–Trinajstić information content (AvgIpc) is 2.90. The lowest BCUT2D eigenvalue weighted by Gasteiger charge is -2.40. The van der Waals surface area contributed by atoms with E-state index in [2.05, 4.69) is 0 Å². The van der Waals surface area contributed by atoms with Crippen LogP contribution >= 0.6 is 21.8 Å². The van der Waals surface area contributed by atoms with Crippen molar-refractivity contribution < 1.29 is 24.2 Å². The number of fused-ring (bicyclic) bond motifs is 1. The molecule has 9 heteroatoms. The van der Waals surface area contributed by atoms with Crippen LogP contribution in [0, 0.1) is 0 Å². The number of carbonyl (C=O) groups is 1. The highest BCUT2D eigenvalue weighted by Crippen LogP contribution is 3.02. The van der Waals surface area contributed by atoms with E-state index in [9.17, 15) is 24.2 Å².